The Balaban J connectivity index is 1.56. The molecule has 3 aliphatic rings. The maximum atomic E-state index is 2.38. The van der Waals surface area contributed by atoms with Crippen molar-refractivity contribution in [2.75, 3.05) is 0 Å². The zero-order valence-electron chi connectivity index (χ0n) is 11.7. The van der Waals surface area contributed by atoms with Crippen LogP contribution in [-0.2, 0) is 0 Å². The normalized spacial score (nSPS) is 32.8. The van der Waals surface area contributed by atoms with E-state index < -0.39 is 0 Å². The summed E-state index contributed by atoms with van der Waals surface area (Å²) >= 11 is 0. The first-order chi connectivity index (χ1) is 8.34. The van der Waals surface area contributed by atoms with Gasteiger partial charge in [-0.1, -0.05) is 57.1 Å². The van der Waals surface area contributed by atoms with Crippen molar-refractivity contribution in [1.82, 2.24) is 0 Å². The van der Waals surface area contributed by atoms with E-state index in [4.69, 9.17) is 0 Å². The maximum Gasteiger partial charge on any atom is 0.0160 e. The van der Waals surface area contributed by atoms with Crippen LogP contribution in [0, 0.1) is 17.3 Å². The minimum absolute atomic E-state index is 0.755. The van der Waals surface area contributed by atoms with Crippen LogP contribution in [0.1, 0.15) is 78.1 Å². The molecule has 2 atom stereocenters. The van der Waals surface area contributed by atoms with Crippen molar-refractivity contribution in [3.8, 4) is 0 Å². The molecule has 0 saturated heterocycles. The van der Waals surface area contributed by atoms with Crippen molar-refractivity contribution in [2.45, 2.75) is 78.1 Å². The Morgan fingerprint density at radius 2 is 1.76 bits per heavy atom. The topological polar surface area (TPSA) is 0 Å². The molecule has 3 rings (SSSR count). The SMILES string of the molecule is CCCCCC1CC2(C3=C2CCC3)C1CCC. The Labute approximate surface area is 107 Å². The highest BCUT2D eigenvalue weighted by Crippen LogP contribution is 2.76. The Morgan fingerprint density at radius 1 is 1.00 bits per heavy atom. The van der Waals surface area contributed by atoms with Crippen LogP contribution >= 0.6 is 0 Å². The molecule has 0 aliphatic heterocycles. The summed E-state index contributed by atoms with van der Waals surface area (Å²) in [6.07, 6.45) is 14.7. The van der Waals surface area contributed by atoms with Gasteiger partial charge in [-0.15, -0.1) is 0 Å². The van der Waals surface area contributed by atoms with Crippen LogP contribution in [0.25, 0.3) is 0 Å². The van der Waals surface area contributed by atoms with Crippen molar-refractivity contribution in [2.24, 2.45) is 17.3 Å². The summed E-state index contributed by atoms with van der Waals surface area (Å²) in [5.41, 5.74) is 4.65. The smallest absolute Gasteiger partial charge is 0.0160 e. The van der Waals surface area contributed by atoms with E-state index in [9.17, 15) is 0 Å². The van der Waals surface area contributed by atoms with Crippen LogP contribution in [0.3, 0.4) is 0 Å². The Bertz CT molecular complexity index is 309. The van der Waals surface area contributed by atoms with E-state index in [0.29, 0.717) is 0 Å². The molecule has 0 aromatic heterocycles. The van der Waals surface area contributed by atoms with Gasteiger partial charge in [0.15, 0.2) is 0 Å². The van der Waals surface area contributed by atoms with Crippen molar-refractivity contribution >= 4 is 0 Å². The fraction of sp³-hybridized carbons (Fsp3) is 0.882. The average Bonchev–Trinajstić information content (AvgIpc) is 2.73. The van der Waals surface area contributed by atoms with Crippen LogP contribution in [0.5, 0.6) is 0 Å². The van der Waals surface area contributed by atoms with Gasteiger partial charge in [0, 0.05) is 5.41 Å². The molecule has 0 amide bonds. The van der Waals surface area contributed by atoms with Crippen LogP contribution in [-0.4, -0.2) is 0 Å². The zero-order valence-corrected chi connectivity index (χ0v) is 11.7. The summed E-state index contributed by atoms with van der Waals surface area (Å²) in [4.78, 5) is 0. The predicted octanol–water partition coefficient (Wildman–Crippen LogP) is 5.48. The molecule has 0 N–H and O–H groups in total. The molecule has 96 valence electrons. The molecule has 17 heavy (non-hydrogen) atoms. The Hall–Kier alpha value is -0.260. The standard InChI is InChI=1S/C17H28/c1-3-5-6-9-13-12-17(14(13)8-4-2)15-10-7-11-16(15)17/h13-14H,3-12H2,1-2H3. The molecule has 1 saturated carbocycles. The monoisotopic (exact) mass is 232 g/mol. The largest absolute Gasteiger partial charge is 0.0654 e. The van der Waals surface area contributed by atoms with E-state index in [1.54, 1.807) is 6.42 Å². The molecule has 0 heteroatoms. The van der Waals surface area contributed by atoms with Gasteiger partial charge in [0.05, 0.1) is 0 Å². The van der Waals surface area contributed by atoms with E-state index in [1.165, 1.54) is 57.8 Å². The summed E-state index contributed by atoms with van der Waals surface area (Å²) in [7, 11) is 0. The van der Waals surface area contributed by atoms with Crippen LogP contribution in [0.2, 0.25) is 0 Å². The zero-order chi connectivity index (χ0) is 11.9. The second-order valence-electron chi connectivity index (χ2n) is 6.64. The number of hydrogen-bond acceptors (Lipinski definition) is 0. The van der Waals surface area contributed by atoms with E-state index in [1.807, 2.05) is 11.1 Å². The highest BCUT2D eigenvalue weighted by Gasteiger charge is 2.66. The van der Waals surface area contributed by atoms with E-state index in [-0.39, 0.29) is 0 Å². The van der Waals surface area contributed by atoms with Crippen molar-refractivity contribution < 1.29 is 0 Å². The van der Waals surface area contributed by atoms with Gasteiger partial charge in [0.1, 0.15) is 0 Å². The molecule has 1 fully saturated rings. The molecule has 1 spiro atoms. The second-order valence-corrected chi connectivity index (χ2v) is 6.64. The van der Waals surface area contributed by atoms with Gasteiger partial charge in [-0.25, -0.2) is 0 Å². The van der Waals surface area contributed by atoms with Gasteiger partial charge in [-0.2, -0.15) is 0 Å². The lowest BCUT2D eigenvalue weighted by Crippen LogP contribution is -2.42. The second kappa shape index (κ2) is 4.44. The minimum Gasteiger partial charge on any atom is -0.0654 e. The number of rotatable bonds is 6. The van der Waals surface area contributed by atoms with Crippen molar-refractivity contribution in [3.05, 3.63) is 11.1 Å². The Morgan fingerprint density at radius 3 is 2.41 bits per heavy atom. The fourth-order valence-electron chi connectivity index (χ4n) is 5.04. The van der Waals surface area contributed by atoms with Crippen molar-refractivity contribution in [1.29, 1.82) is 0 Å². The Kier molecular flexibility index (Phi) is 3.09. The third-order valence-electron chi connectivity index (χ3n) is 5.80. The maximum absolute atomic E-state index is 2.38. The summed E-state index contributed by atoms with van der Waals surface area (Å²) < 4.78 is 0. The average molecular weight is 232 g/mol. The van der Waals surface area contributed by atoms with E-state index in [0.717, 1.165) is 17.3 Å². The first-order valence-electron chi connectivity index (χ1n) is 8.07. The first-order valence-corrected chi connectivity index (χ1v) is 8.07. The third kappa shape index (κ3) is 1.63. The number of unbranched alkanes of at least 4 members (excludes halogenated alkanes) is 2. The quantitative estimate of drug-likeness (QED) is 0.420. The predicted molar refractivity (Wildman–Crippen MR) is 74.0 cm³/mol. The lowest BCUT2D eigenvalue weighted by Gasteiger charge is -2.50. The van der Waals surface area contributed by atoms with Gasteiger partial charge < -0.3 is 0 Å². The van der Waals surface area contributed by atoms with Gasteiger partial charge in [-0.3, -0.25) is 0 Å². The lowest BCUT2D eigenvalue weighted by molar-refractivity contribution is 0.0351. The summed E-state index contributed by atoms with van der Waals surface area (Å²) in [6.45, 7) is 4.70. The van der Waals surface area contributed by atoms with Gasteiger partial charge >= 0.3 is 0 Å². The molecule has 0 nitrogen and oxygen atoms in total. The lowest BCUT2D eigenvalue weighted by atomic mass is 9.54. The molecule has 0 aromatic carbocycles. The number of allylic oxidation sites excluding steroid dienone is 2. The van der Waals surface area contributed by atoms with Crippen LogP contribution in [0.15, 0.2) is 11.1 Å². The summed E-state index contributed by atoms with van der Waals surface area (Å²) in [6, 6.07) is 0. The molecule has 0 aromatic rings. The molecule has 0 heterocycles. The minimum atomic E-state index is 0.755. The third-order valence-corrected chi connectivity index (χ3v) is 5.80. The van der Waals surface area contributed by atoms with Crippen molar-refractivity contribution in [3.63, 3.8) is 0 Å². The van der Waals surface area contributed by atoms with Gasteiger partial charge in [0.25, 0.3) is 0 Å². The first kappa shape index (κ1) is 11.8. The number of fused-ring (bicyclic) bond motifs is 2. The highest BCUT2D eigenvalue weighted by atomic mass is 14.7. The molecular weight excluding hydrogens is 204 g/mol. The molecule has 0 bridgehead atoms. The molecule has 3 aliphatic carbocycles. The summed E-state index contributed by atoms with van der Waals surface area (Å²) in [5, 5.41) is 0. The molecular formula is C17H28. The molecule has 2 unspecified atom stereocenters. The highest BCUT2D eigenvalue weighted by molar-refractivity contribution is 5.56. The number of hydrogen-bond donors (Lipinski definition) is 0. The fourth-order valence-corrected chi connectivity index (χ4v) is 5.04. The summed E-state index contributed by atoms with van der Waals surface area (Å²) in [5.74, 6) is 2.17. The van der Waals surface area contributed by atoms with E-state index in [2.05, 4.69) is 13.8 Å². The van der Waals surface area contributed by atoms with Gasteiger partial charge in [-0.05, 0) is 43.9 Å². The van der Waals surface area contributed by atoms with Crippen LogP contribution < -0.4 is 0 Å². The van der Waals surface area contributed by atoms with Crippen LogP contribution in [0.4, 0.5) is 0 Å². The van der Waals surface area contributed by atoms with E-state index >= 15 is 0 Å². The van der Waals surface area contributed by atoms with Gasteiger partial charge in [0.2, 0.25) is 0 Å². The molecule has 0 radical (unpaired) electrons.